The second-order valence-corrected chi connectivity index (χ2v) is 5.83. The van der Waals surface area contributed by atoms with E-state index < -0.39 is 5.60 Å². The smallest absolute Gasteiger partial charge is 0.408 e. The number of hydrogen-bond acceptors (Lipinski definition) is 2. The van der Waals surface area contributed by atoms with Crippen molar-refractivity contribution in [2.45, 2.75) is 51.7 Å². The van der Waals surface area contributed by atoms with Crippen molar-refractivity contribution in [3.05, 3.63) is 48.6 Å². The van der Waals surface area contributed by atoms with Crippen molar-refractivity contribution in [3.8, 4) is 0 Å². The van der Waals surface area contributed by atoms with E-state index in [-0.39, 0.29) is 12.1 Å². The molecule has 0 aromatic heterocycles. The average Bonchev–Trinajstić information content (AvgIpc) is 2.37. The van der Waals surface area contributed by atoms with E-state index in [0.717, 1.165) is 24.8 Å². The van der Waals surface area contributed by atoms with Crippen LogP contribution in [0.1, 0.15) is 51.6 Å². The summed E-state index contributed by atoms with van der Waals surface area (Å²) in [5.41, 5.74) is 0.620. The molecule has 0 saturated carbocycles. The highest BCUT2D eigenvalue weighted by Crippen LogP contribution is 2.20. The molecule has 1 rings (SSSR count). The van der Waals surface area contributed by atoms with E-state index >= 15 is 0 Å². The topological polar surface area (TPSA) is 38.3 Å². The molecule has 0 aliphatic rings. The molecule has 0 aliphatic heterocycles. The monoisotopic (exact) mass is 275 g/mol. The summed E-state index contributed by atoms with van der Waals surface area (Å²) < 4.78 is 5.33. The van der Waals surface area contributed by atoms with Crippen LogP contribution in [0.2, 0.25) is 0 Å². The van der Waals surface area contributed by atoms with Crippen LogP contribution in [0.15, 0.2) is 43.0 Å². The maximum atomic E-state index is 11.9. The number of hydrogen-bond donors (Lipinski definition) is 1. The Morgan fingerprint density at radius 2 is 2.00 bits per heavy atom. The van der Waals surface area contributed by atoms with E-state index in [4.69, 9.17) is 4.74 Å². The van der Waals surface area contributed by atoms with Gasteiger partial charge in [-0.25, -0.2) is 4.79 Å². The Bertz CT molecular complexity index is 420. The Kier molecular flexibility index (Phi) is 6.29. The molecule has 0 spiro atoms. The number of carbonyl (C=O) groups is 1. The molecule has 110 valence electrons. The van der Waals surface area contributed by atoms with E-state index in [2.05, 4.69) is 11.9 Å². The Labute approximate surface area is 122 Å². The van der Waals surface area contributed by atoms with Gasteiger partial charge in [0.15, 0.2) is 0 Å². The largest absolute Gasteiger partial charge is 0.444 e. The number of amides is 1. The molecule has 20 heavy (non-hydrogen) atoms. The molecule has 3 nitrogen and oxygen atoms in total. The Morgan fingerprint density at radius 3 is 2.55 bits per heavy atom. The van der Waals surface area contributed by atoms with Gasteiger partial charge >= 0.3 is 6.09 Å². The normalized spacial score (nSPS) is 12.6. The second kappa shape index (κ2) is 7.73. The van der Waals surface area contributed by atoms with Crippen LogP contribution in [0.5, 0.6) is 0 Å². The van der Waals surface area contributed by atoms with Gasteiger partial charge < -0.3 is 10.1 Å². The van der Waals surface area contributed by atoms with Crippen molar-refractivity contribution in [3.63, 3.8) is 0 Å². The first kappa shape index (κ1) is 16.3. The zero-order valence-corrected chi connectivity index (χ0v) is 12.7. The first-order valence-electron chi connectivity index (χ1n) is 7.08. The summed E-state index contributed by atoms with van der Waals surface area (Å²) in [4.78, 5) is 11.9. The van der Waals surface area contributed by atoms with Gasteiger partial charge in [0.25, 0.3) is 0 Å². The highest BCUT2D eigenvalue weighted by Gasteiger charge is 2.20. The maximum absolute atomic E-state index is 11.9. The predicted octanol–water partition coefficient (Wildman–Crippen LogP) is 4.61. The quantitative estimate of drug-likeness (QED) is 0.608. The molecule has 0 heterocycles. The molecule has 0 aliphatic carbocycles. The average molecular weight is 275 g/mol. The van der Waals surface area contributed by atoms with Gasteiger partial charge in [-0.1, -0.05) is 36.4 Å². The fourth-order valence-electron chi connectivity index (χ4n) is 1.92. The number of carbonyl (C=O) groups excluding carboxylic acids is 1. The molecular weight excluding hydrogens is 250 g/mol. The molecule has 0 radical (unpaired) electrons. The number of nitrogens with one attached hydrogen (secondary N) is 1. The minimum atomic E-state index is -0.480. The third-order valence-corrected chi connectivity index (χ3v) is 2.79. The van der Waals surface area contributed by atoms with Gasteiger partial charge in [-0.05, 0) is 45.6 Å². The number of allylic oxidation sites excluding steroid dienone is 1. The third-order valence-electron chi connectivity index (χ3n) is 2.79. The molecule has 3 heteroatoms. The van der Waals surface area contributed by atoms with Crippen LogP contribution in [-0.4, -0.2) is 11.7 Å². The summed E-state index contributed by atoms with van der Waals surface area (Å²) in [6.07, 6.45) is 4.33. The van der Waals surface area contributed by atoms with Crippen molar-refractivity contribution >= 4 is 6.09 Å². The number of benzene rings is 1. The van der Waals surface area contributed by atoms with E-state index in [0.29, 0.717) is 0 Å². The summed E-state index contributed by atoms with van der Waals surface area (Å²) in [6, 6.07) is 9.95. The second-order valence-electron chi connectivity index (χ2n) is 5.83. The van der Waals surface area contributed by atoms with Gasteiger partial charge in [0.1, 0.15) is 5.60 Å². The summed E-state index contributed by atoms with van der Waals surface area (Å²) in [5.74, 6) is 0. The van der Waals surface area contributed by atoms with E-state index in [9.17, 15) is 4.79 Å². The standard InChI is InChI=1S/C17H25NO2/c1-5-6-8-13-15(14-11-9-7-10-12-14)18-16(19)20-17(2,3)4/h5,7,9-12,15H,1,6,8,13H2,2-4H3,(H,18,19). The van der Waals surface area contributed by atoms with Crippen molar-refractivity contribution in [2.24, 2.45) is 0 Å². The lowest BCUT2D eigenvalue weighted by Gasteiger charge is -2.24. The highest BCUT2D eigenvalue weighted by molar-refractivity contribution is 5.68. The number of alkyl carbamates (subject to hydrolysis) is 1. The summed E-state index contributed by atoms with van der Waals surface area (Å²) in [7, 11) is 0. The molecule has 1 N–H and O–H groups in total. The van der Waals surface area contributed by atoms with Crippen LogP contribution in [0.3, 0.4) is 0 Å². The van der Waals surface area contributed by atoms with E-state index in [1.54, 1.807) is 0 Å². The minimum absolute atomic E-state index is 0.0222. The maximum Gasteiger partial charge on any atom is 0.408 e. The van der Waals surface area contributed by atoms with E-state index in [1.165, 1.54) is 0 Å². The first-order chi connectivity index (χ1) is 9.42. The third kappa shape index (κ3) is 6.41. The lowest BCUT2D eigenvalue weighted by atomic mass is 10.0. The van der Waals surface area contributed by atoms with Crippen LogP contribution in [-0.2, 0) is 4.74 Å². The van der Waals surface area contributed by atoms with Crippen molar-refractivity contribution in [2.75, 3.05) is 0 Å². The molecule has 0 saturated heterocycles. The van der Waals surface area contributed by atoms with Crippen LogP contribution in [0.25, 0.3) is 0 Å². The number of unbranched alkanes of at least 4 members (excludes halogenated alkanes) is 1. The molecule has 1 aromatic rings. The molecule has 0 fully saturated rings. The predicted molar refractivity (Wildman–Crippen MR) is 82.6 cm³/mol. The fourth-order valence-corrected chi connectivity index (χ4v) is 1.92. The van der Waals surface area contributed by atoms with Crippen LogP contribution in [0.4, 0.5) is 4.79 Å². The highest BCUT2D eigenvalue weighted by atomic mass is 16.6. The minimum Gasteiger partial charge on any atom is -0.444 e. The van der Waals surface area contributed by atoms with Gasteiger partial charge in [0, 0.05) is 0 Å². The van der Waals surface area contributed by atoms with Crippen molar-refractivity contribution < 1.29 is 9.53 Å². The SMILES string of the molecule is C=CCCCC(NC(=O)OC(C)(C)C)c1ccccc1. The lowest BCUT2D eigenvalue weighted by molar-refractivity contribution is 0.0500. The van der Waals surface area contributed by atoms with Gasteiger partial charge in [0.05, 0.1) is 6.04 Å². The van der Waals surface area contributed by atoms with Crippen LogP contribution < -0.4 is 5.32 Å². The number of ether oxygens (including phenoxy) is 1. The van der Waals surface area contributed by atoms with Gasteiger partial charge in [-0.3, -0.25) is 0 Å². The molecule has 1 unspecified atom stereocenters. The van der Waals surface area contributed by atoms with Gasteiger partial charge in [-0.15, -0.1) is 6.58 Å². The van der Waals surface area contributed by atoms with Crippen molar-refractivity contribution in [1.29, 1.82) is 0 Å². The molecule has 0 bridgehead atoms. The molecule has 1 atom stereocenters. The van der Waals surface area contributed by atoms with Crippen molar-refractivity contribution in [1.82, 2.24) is 5.32 Å². The lowest BCUT2D eigenvalue weighted by Crippen LogP contribution is -2.35. The van der Waals surface area contributed by atoms with Crippen LogP contribution in [0, 0.1) is 0 Å². The van der Waals surface area contributed by atoms with Gasteiger partial charge in [0.2, 0.25) is 0 Å². The number of rotatable bonds is 6. The Morgan fingerprint density at radius 1 is 1.35 bits per heavy atom. The Balaban J connectivity index is 2.68. The van der Waals surface area contributed by atoms with E-state index in [1.807, 2.05) is 57.2 Å². The molecular formula is C17H25NO2. The fraction of sp³-hybridized carbons (Fsp3) is 0.471. The first-order valence-corrected chi connectivity index (χ1v) is 7.08. The Hall–Kier alpha value is -1.77. The summed E-state index contributed by atoms with van der Waals surface area (Å²) in [6.45, 7) is 9.32. The van der Waals surface area contributed by atoms with Crippen LogP contribution >= 0.6 is 0 Å². The summed E-state index contributed by atoms with van der Waals surface area (Å²) in [5, 5.41) is 2.95. The summed E-state index contributed by atoms with van der Waals surface area (Å²) >= 11 is 0. The van der Waals surface area contributed by atoms with Gasteiger partial charge in [-0.2, -0.15) is 0 Å². The zero-order valence-electron chi connectivity index (χ0n) is 12.7. The zero-order chi connectivity index (χ0) is 15.0. The molecule has 1 aromatic carbocycles. The molecule has 1 amide bonds.